The van der Waals surface area contributed by atoms with E-state index in [4.69, 9.17) is 0 Å². The van der Waals surface area contributed by atoms with Gasteiger partial charge in [0.1, 0.15) is 0 Å². The van der Waals surface area contributed by atoms with Gasteiger partial charge < -0.3 is 10.6 Å². The molecule has 0 spiro atoms. The lowest BCUT2D eigenvalue weighted by molar-refractivity contribution is -0.137. The maximum absolute atomic E-state index is 14.8. The van der Waals surface area contributed by atoms with Crippen LogP contribution in [0.3, 0.4) is 0 Å². The van der Waals surface area contributed by atoms with Crippen molar-refractivity contribution in [3.05, 3.63) is 203 Å². The number of carbonyl (C=O) groups excluding carboxylic acids is 2. The summed E-state index contributed by atoms with van der Waals surface area (Å²) in [5.41, 5.74) is 4.46. The van der Waals surface area contributed by atoms with Crippen LogP contribution in [-0.4, -0.2) is 28.6 Å². The molecule has 320 valence electrons. The Kier molecular flexibility index (Phi) is 14.1. The summed E-state index contributed by atoms with van der Waals surface area (Å²) in [6.45, 7) is 3.77. The largest absolute Gasteiger partial charge is 0.347 e. The first-order valence-corrected chi connectivity index (χ1v) is 23.8. The highest BCUT2D eigenvalue weighted by Crippen LogP contribution is 2.37. The first kappa shape index (κ1) is 44.1. The van der Waals surface area contributed by atoms with E-state index in [9.17, 15) is 26.4 Å². The Labute approximate surface area is 365 Å². The third-order valence-electron chi connectivity index (χ3n) is 11.6. The molecule has 1 saturated carbocycles. The van der Waals surface area contributed by atoms with Crippen LogP contribution in [0.5, 0.6) is 0 Å². The molecule has 0 heterocycles. The number of carbonyl (C=O) groups is 2. The molecule has 0 bridgehead atoms. The molecular weight excluding hydrogens is 817 g/mol. The summed E-state index contributed by atoms with van der Waals surface area (Å²) in [5.74, 6) is -2.30. The Hall–Kier alpha value is -5.92. The van der Waals surface area contributed by atoms with Crippen molar-refractivity contribution < 1.29 is 26.4 Å². The van der Waals surface area contributed by atoms with Crippen molar-refractivity contribution in [2.75, 3.05) is 0 Å². The van der Waals surface area contributed by atoms with Crippen LogP contribution in [0.25, 0.3) is 0 Å². The molecule has 10 nitrogen and oxygen atoms in total. The van der Waals surface area contributed by atoms with Crippen molar-refractivity contribution in [3.63, 3.8) is 0 Å². The monoisotopic (exact) mass is 868 g/mol. The molecule has 6 aromatic carbocycles. The summed E-state index contributed by atoms with van der Waals surface area (Å²) in [6, 6.07) is 46.2. The van der Waals surface area contributed by atoms with Gasteiger partial charge in [0, 0.05) is 11.8 Å². The Morgan fingerprint density at radius 3 is 0.984 bits per heavy atom. The quantitative estimate of drug-likeness (QED) is 0.0766. The van der Waals surface area contributed by atoms with Gasteiger partial charge in [-0.05, 0) is 73.2 Å². The van der Waals surface area contributed by atoms with Crippen molar-refractivity contribution >= 4 is 31.9 Å². The molecule has 4 N–H and O–H groups in total. The van der Waals surface area contributed by atoms with Crippen LogP contribution in [0, 0.1) is 25.7 Å². The predicted molar refractivity (Wildman–Crippen MR) is 241 cm³/mol. The standard InChI is InChI=1S/C50H52N4O6S2/c1-35-27-31-41(32-28-35)61(57,58)53-47(39-21-11-5-12-22-39)45(37-17-7-3-8-18-37)51-49(55)43-25-15-16-26-44(43)50(56)52-46(38-19-9-4-10-20-38)48(40-23-13-6-14-24-40)54-62(59,60)42-33-29-36(2)30-34-42/h3-14,17-24,27-34,43-48,53-54H,15-16,25-26H2,1-2H3,(H,51,55)(H,52,56)/t43-,44-,45+,46+,47+,48+/m0/s1. The van der Waals surface area contributed by atoms with Crippen LogP contribution < -0.4 is 20.1 Å². The van der Waals surface area contributed by atoms with E-state index in [1.807, 2.05) is 135 Å². The summed E-state index contributed by atoms with van der Waals surface area (Å²) >= 11 is 0. The van der Waals surface area contributed by atoms with E-state index in [-0.39, 0.29) is 21.6 Å². The zero-order chi connectivity index (χ0) is 43.7. The van der Waals surface area contributed by atoms with Crippen LogP contribution in [0.1, 0.15) is 83.2 Å². The molecule has 0 saturated heterocycles. The number of benzene rings is 6. The first-order valence-electron chi connectivity index (χ1n) is 20.9. The number of hydrogen-bond acceptors (Lipinski definition) is 6. The van der Waals surface area contributed by atoms with E-state index in [1.54, 1.807) is 48.5 Å². The predicted octanol–water partition coefficient (Wildman–Crippen LogP) is 8.56. The van der Waals surface area contributed by atoms with Gasteiger partial charge >= 0.3 is 0 Å². The molecule has 0 aromatic heterocycles. The summed E-state index contributed by atoms with van der Waals surface area (Å²) in [6.07, 6.45) is 2.28. The lowest BCUT2D eigenvalue weighted by Crippen LogP contribution is -2.49. The zero-order valence-corrected chi connectivity index (χ0v) is 36.4. The average molecular weight is 869 g/mol. The van der Waals surface area contributed by atoms with Crippen molar-refractivity contribution in [2.24, 2.45) is 11.8 Å². The molecule has 6 atom stereocenters. The SMILES string of the molecule is Cc1ccc(S(=O)(=O)N[C@H](c2ccccc2)[C@H](NC(=O)[C@H]2CCCC[C@@H]2C(=O)N[C@H](c2ccccc2)[C@H](NS(=O)(=O)c2ccc(C)cc2)c2ccccc2)c2ccccc2)cc1. The topological polar surface area (TPSA) is 151 Å². The number of amides is 2. The highest BCUT2D eigenvalue weighted by atomic mass is 32.2. The van der Waals surface area contributed by atoms with Crippen LogP contribution in [0.2, 0.25) is 0 Å². The minimum absolute atomic E-state index is 0.0918. The second-order valence-corrected chi connectivity index (χ2v) is 19.4. The lowest BCUT2D eigenvalue weighted by Gasteiger charge is -2.36. The van der Waals surface area contributed by atoms with Crippen molar-refractivity contribution in [2.45, 2.75) is 73.5 Å². The average Bonchev–Trinajstić information content (AvgIpc) is 3.30. The van der Waals surface area contributed by atoms with E-state index in [0.717, 1.165) is 11.1 Å². The van der Waals surface area contributed by atoms with Gasteiger partial charge in [-0.2, -0.15) is 0 Å². The van der Waals surface area contributed by atoms with E-state index in [1.165, 1.54) is 0 Å². The molecule has 1 fully saturated rings. The van der Waals surface area contributed by atoms with Crippen LogP contribution in [0.4, 0.5) is 0 Å². The van der Waals surface area contributed by atoms with Gasteiger partial charge in [0.15, 0.2) is 0 Å². The van der Waals surface area contributed by atoms with E-state index < -0.39 is 56.0 Å². The van der Waals surface area contributed by atoms with Gasteiger partial charge in [-0.15, -0.1) is 0 Å². The van der Waals surface area contributed by atoms with Gasteiger partial charge in [0.25, 0.3) is 0 Å². The fourth-order valence-corrected chi connectivity index (χ4v) is 10.7. The third kappa shape index (κ3) is 10.7. The molecule has 2 amide bonds. The molecule has 1 aliphatic carbocycles. The molecule has 0 aliphatic heterocycles. The van der Waals surface area contributed by atoms with Crippen LogP contribution >= 0.6 is 0 Å². The maximum atomic E-state index is 14.8. The number of aryl methyl sites for hydroxylation is 2. The molecular formula is C50H52N4O6S2. The second kappa shape index (κ2) is 19.9. The van der Waals surface area contributed by atoms with E-state index >= 15 is 0 Å². The van der Waals surface area contributed by atoms with Crippen molar-refractivity contribution in [3.8, 4) is 0 Å². The number of sulfonamides is 2. The minimum atomic E-state index is -4.08. The second-order valence-electron chi connectivity index (χ2n) is 15.9. The van der Waals surface area contributed by atoms with E-state index in [2.05, 4.69) is 20.1 Å². The number of nitrogens with one attached hydrogen (secondary N) is 4. The van der Waals surface area contributed by atoms with Crippen LogP contribution in [-0.2, 0) is 29.6 Å². The molecule has 0 radical (unpaired) electrons. The Bertz CT molecular complexity index is 2450. The number of rotatable bonds is 16. The van der Waals surface area contributed by atoms with Gasteiger partial charge in [-0.25, -0.2) is 26.3 Å². The summed E-state index contributed by atoms with van der Waals surface area (Å²) in [7, 11) is -8.16. The Balaban J connectivity index is 1.21. The van der Waals surface area contributed by atoms with Crippen molar-refractivity contribution in [1.29, 1.82) is 0 Å². The molecule has 7 rings (SSSR count). The highest BCUT2D eigenvalue weighted by Gasteiger charge is 2.41. The van der Waals surface area contributed by atoms with Gasteiger partial charge in [-0.3, -0.25) is 9.59 Å². The minimum Gasteiger partial charge on any atom is -0.347 e. The lowest BCUT2D eigenvalue weighted by atomic mass is 9.77. The van der Waals surface area contributed by atoms with Gasteiger partial charge in [0.05, 0.1) is 34.0 Å². The molecule has 0 unspecified atom stereocenters. The fourth-order valence-electron chi connectivity index (χ4n) is 8.20. The summed E-state index contributed by atoms with van der Waals surface area (Å²) in [4.78, 5) is 29.8. The number of hydrogen-bond donors (Lipinski definition) is 4. The van der Waals surface area contributed by atoms with Crippen molar-refractivity contribution in [1.82, 2.24) is 20.1 Å². The summed E-state index contributed by atoms with van der Waals surface area (Å²) < 4.78 is 61.9. The maximum Gasteiger partial charge on any atom is 0.241 e. The Morgan fingerprint density at radius 2 is 0.694 bits per heavy atom. The highest BCUT2D eigenvalue weighted by molar-refractivity contribution is 7.89. The molecule has 6 aromatic rings. The molecule has 1 aliphatic rings. The smallest absolute Gasteiger partial charge is 0.241 e. The van der Waals surface area contributed by atoms with E-state index in [0.29, 0.717) is 47.9 Å². The Morgan fingerprint density at radius 1 is 0.419 bits per heavy atom. The first-order chi connectivity index (χ1) is 29.9. The van der Waals surface area contributed by atoms with Gasteiger partial charge in [0.2, 0.25) is 31.9 Å². The van der Waals surface area contributed by atoms with Crippen LogP contribution in [0.15, 0.2) is 180 Å². The zero-order valence-electron chi connectivity index (χ0n) is 34.7. The molecule has 12 heteroatoms. The third-order valence-corrected chi connectivity index (χ3v) is 14.5. The summed E-state index contributed by atoms with van der Waals surface area (Å²) in [5, 5.41) is 6.44. The normalized spacial score (nSPS) is 17.5. The van der Waals surface area contributed by atoms with Gasteiger partial charge in [-0.1, -0.05) is 170 Å². The fraction of sp³-hybridized carbons (Fsp3) is 0.240. The molecule has 62 heavy (non-hydrogen) atoms.